The Morgan fingerprint density at radius 3 is 2.79 bits per heavy atom. The highest BCUT2D eigenvalue weighted by Crippen LogP contribution is 2.39. The molecule has 3 nitrogen and oxygen atoms in total. The number of hydrogen-bond acceptors (Lipinski definition) is 3. The van der Waals surface area contributed by atoms with Crippen molar-refractivity contribution in [1.29, 1.82) is 5.26 Å². The summed E-state index contributed by atoms with van der Waals surface area (Å²) in [7, 11) is 0. The standard InChI is InChI=1S/C19H12FN3S/c1-12-8-16(13-2-3-14(10-21)17(20)9-13)19(24-12)15-4-5-18-22-6-7-23(18)11-15/h2-9,11H,1H3. The molecule has 4 rings (SSSR count). The molecule has 0 bridgehead atoms. The van der Waals surface area contributed by atoms with E-state index in [1.165, 1.54) is 12.1 Å². The van der Waals surface area contributed by atoms with Crippen LogP contribution in [0.25, 0.3) is 27.2 Å². The molecular formula is C19H12FN3S. The SMILES string of the molecule is Cc1cc(-c2ccc(C#N)c(F)c2)c(-c2ccc3nccn3c2)s1. The molecule has 0 atom stereocenters. The Labute approximate surface area is 142 Å². The molecule has 0 aliphatic heterocycles. The second kappa shape index (κ2) is 5.59. The molecule has 0 saturated carbocycles. The van der Waals surface area contributed by atoms with E-state index in [4.69, 9.17) is 5.26 Å². The van der Waals surface area contributed by atoms with E-state index in [0.29, 0.717) is 0 Å². The van der Waals surface area contributed by atoms with Gasteiger partial charge in [-0.1, -0.05) is 6.07 Å². The number of imidazole rings is 1. The van der Waals surface area contributed by atoms with Crippen molar-refractivity contribution in [3.8, 4) is 27.6 Å². The minimum absolute atomic E-state index is 0.0621. The molecule has 0 aliphatic carbocycles. The molecule has 0 saturated heterocycles. The van der Waals surface area contributed by atoms with Crippen LogP contribution >= 0.6 is 11.3 Å². The van der Waals surface area contributed by atoms with Crippen molar-refractivity contribution in [2.45, 2.75) is 6.92 Å². The molecule has 0 aliphatic rings. The maximum absolute atomic E-state index is 14.0. The van der Waals surface area contributed by atoms with Crippen molar-refractivity contribution in [3.63, 3.8) is 0 Å². The van der Waals surface area contributed by atoms with Crippen molar-refractivity contribution in [2.24, 2.45) is 0 Å². The lowest BCUT2D eigenvalue weighted by Crippen LogP contribution is -1.88. The van der Waals surface area contributed by atoms with E-state index in [-0.39, 0.29) is 5.56 Å². The maximum atomic E-state index is 14.0. The van der Waals surface area contributed by atoms with Gasteiger partial charge in [-0.05, 0) is 42.8 Å². The lowest BCUT2D eigenvalue weighted by molar-refractivity contribution is 0.624. The second-order valence-electron chi connectivity index (χ2n) is 5.52. The van der Waals surface area contributed by atoms with Crippen LogP contribution in [-0.4, -0.2) is 9.38 Å². The highest BCUT2D eigenvalue weighted by molar-refractivity contribution is 7.16. The van der Waals surface area contributed by atoms with Gasteiger partial charge in [0.2, 0.25) is 0 Å². The molecule has 24 heavy (non-hydrogen) atoms. The average Bonchev–Trinajstić information content (AvgIpc) is 3.20. The zero-order valence-corrected chi connectivity index (χ0v) is 13.6. The third-order valence-electron chi connectivity index (χ3n) is 3.91. The summed E-state index contributed by atoms with van der Waals surface area (Å²) in [6.45, 7) is 2.04. The molecule has 0 spiro atoms. The summed E-state index contributed by atoms with van der Waals surface area (Å²) in [4.78, 5) is 6.48. The van der Waals surface area contributed by atoms with Crippen LogP contribution in [0.15, 0.2) is 55.0 Å². The first-order valence-electron chi connectivity index (χ1n) is 7.39. The number of benzene rings is 1. The summed E-state index contributed by atoms with van der Waals surface area (Å²) < 4.78 is 16.0. The molecule has 3 aromatic heterocycles. The molecule has 116 valence electrons. The van der Waals surface area contributed by atoms with Gasteiger partial charge in [0.15, 0.2) is 0 Å². The minimum Gasteiger partial charge on any atom is -0.306 e. The smallest absolute Gasteiger partial charge is 0.141 e. The van der Waals surface area contributed by atoms with Gasteiger partial charge in [0.1, 0.15) is 17.5 Å². The zero-order chi connectivity index (χ0) is 16.7. The number of pyridine rings is 1. The molecule has 4 aromatic rings. The lowest BCUT2D eigenvalue weighted by Gasteiger charge is -2.06. The zero-order valence-electron chi connectivity index (χ0n) is 12.8. The van der Waals surface area contributed by atoms with Gasteiger partial charge >= 0.3 is 0 Å². The van der Waals surface area contributed by atoms with Crippen LogP contribution in [0.2, 0.25) is 0 Å². The fraction of sp³-hybridized carbons (Fsp3) is 0.0526. The number of thiophene rings is 1. The van der Waals surface area contributed by atoms with Crippen molar-refractivity contribution in [1.82, 2.24) is 9.38 Å². The molecule has 0 fully saturated rings. The van der Waals surface area contributed by atoms with Crippen molar-refractivity contribution >= 4 is 17.0 Å². The maximum Gasteiger partial charge on any atom is 0.141 e. The van der Waals surface area contributed by atoms with Gasteiger partial charge in [0.25, 0.3) is 0 Å². The number of halogens is 1. The topological polar surface area (TPSA) is 41.1 Å². The van der Waals surface area contributed by atoms with Gasteiger partial charge in [0, 0.05) is 39.5 Å². The fourth-order valence-electron chi connectivity index (χ4n) is 2.77. The van der Waals surface area contributed by atoms with E-state index in [2.05, 4.69) is 11.1 Å². The molecule has 5 heteroatoms. The minimum atomic E-state index is -0.491. The van der Waals surface area contributed by atoms with Gasteiger partial charge in [-0.3, -0.25) is 0 Å². The second-order valence-corrected chi connectivity index (χ2v) is 6.77. The normalized spacial score (nSPS) is 10.9. The number of rotatable bonds is 2. The van der Waals surface area contributed by atoms with Crippen LogP contribution in [0.3, 0.4) is 0 Å². The summed E-state index contributed by atoms with van der Waals surface area (Å²) in [5.41, 5.74) is 3.75. The van der Waals surface area contributed by atoms with E-state index >= 15 is 0 Å². The van der Waals surface area contributed by atoms with Crippen molar-refractivity contribution < 1.29 is 4.39 Å². The number of hydrogen-bond donors (Lipinski definition) is 0. The molecule has 3 heterocycles. The van der Waals surface area contributed by atoms with Gasteiger partial charge in [-0.2, -0.15) is 5.26 Å². The van der Waals surface area contributed by atoms with E-state index in [9.17, 15) is 4.39 Å². The molecule has 0 radical (unpaired) electrons. The highest BCUT2D eigenvalue weighted by Gasteiger charge is 2.14. The van der Waals surface area contributed by atoms with Gasteiger partial charge in [0.05, 0.1) is 5.56 Å². The largest absolute Gasteiger partial charge is 0.306 e. The van der Waals surface area contributed by atoms with E-state index in [1.807, 2.05) is 41.9 Å². The number of aromatic nitrogens is 2. The summed E-state index contributed by atoms with van der Waals surface area (Å²) in [6, 6.07) is 12.7. The Bertz CT molecular complexity index is 1100. The Morgan fingerprint density at radius 1 is 1.17 bits per heavy atom. The average molecular weight is 333 g/mol. The highest BCUT2D eigenvalue weighted by atomic mass is 32.1. The Morgan fingerprint density at radius 2 is 2.00 bits per heavy atom. The predicted octanol–water partition coefficient (Wildman–Crippen LogP) is 5.05. The Kier molecular flexibility index (Phi) is 3.40. The molecule has 0 N–H and O–H groups in total. The van der Waals surface area contributed by atoms with Crippen LogP contribution in [-0.2, 0) is 0 Å². The lowest BCUT2D eigenvalue weighted by atomic mass is 10.0. The van der Waals surface area contributed by atoms with Crippen LogP contribution < -0.4 is 0 Å². The Hall–Kier alpha value is -2.97. The number of aryl methyl sites for hydroxylation is 1. The summed E-state index contributed by atoms with van der Waals surface area (Å²) in [5.74, 6) is -0.491. The van der Waals surface area contributed by atoms with E-state index in [0.717, 1.165) is 32.1 Å². The first-order valence-corrected chi connectivity index (χ1v) is 8.21. The van der Waals surface area contributed by atoms with E-state index < -0.39 is 5.82 Å². The summed E-state index contributed by atoms with van der Waals surface area (Å²) in [5, 5.41) is 8.90. The van der Waals surface area contributed by atoms with Crippen molar-refractivity contribution in [2.75, 3.05) is 0 Å². The van der Waals surface area contributed by atoms with E-state index in [1.54, 1.807) is 23.6 Å². The fourth-order valence-corrected chi connectivity index (χ4v) is 3.79. The third kappa shape index (κ3) is 2.38. The van der Waals surface area contributed by atoms with Crippen LogP contribution in [0.4, 0.5) is 4.39 Å². The quantitative estimate of drug-likeness (QED) is 0.515. The van der Waals surface area contributed by atoms with Gasteiger partial charge in [-0.25, -0.2) is 9.37 Å². The molecule has 0 unspecified atom stereocenters. The number of nitrogens with zero attached hydrogens (tertiary/aromatic N) is 3. The van der Waals surface area contributed by atoms with Crippen LogP contribution in [0, 0.1) is 24.1 Å². The predicted molar refractivity (Wildman–Crippen MR) is 93.4 cm³/mol. The van der Waals surface area contributed by atoms with Gasteiger partial charge < -0.3 is 4.40 Å². The van der Waals surface area contributed by atoms with Gasteiger partial charge in [-0.15, -0.1) is 11.3 Å². The summed E-state index contributed by atoms with van der Waals surface area (Å²) in [6.07, 6.45) is 5.69. The monoisotopic (exact) mass is 333 g/mol. The Balaban J connectivity index is 1.89. The summed E-state index contributed by atoms with van der Waals surface area (Å²) >= 11 is 1.67. The first-order chi connectivity index (χ1) is 11.7. The number of nitriles is 1. The van der Waals surface area contributed by atoms with Crippen LogP contribution in [0.5, 0.6) is 0 Å². The molecular weight excluding hydrogens is 321 g/mol. The number of fused-ring (bicyclic) bond motifs is 1. The first kappa shape index (κ1) is 14.6. The van der Waals surface area contributed by atoms with Crippen LogP contribution in [0.1, 0.15) is 10.4 Å². The molecule has 0 amide bonds. The van der Waals surface area contributed by atoms with Crippen molar-refractivity contribution in [3.05, 3.63) is 71.2 Å². The molecule has 1 aromatic carbocycles. The third-order valence-corrected chi connectivity index (χ3v) is 5.01.